The zero-order chi connectivity index (χ0) is 11.5. The standard InChI is InChI=1S/C14H13ClO/c1-10-7-8-12(14(16)13(10)15)9-11-5-3-2-4-6-11/h2-8,16H,9H2,1H3. The summed E-state index contributed by atoms with van der Waals surface area (Å²) in [5.74, 6) is 0.200. The fraction of sp³-hybridized carbons (Fsp3) is 0.143. The third kappa shape index (κ3) is 2.20. The third-order valence-corrected chi connectivity index (χ3v) is 3.11. The van der Waals surface area contributed by atoms with Gasteiger partial charge in [-0.3, -0.25) is 0 Å². The average Bonchev–Trinajstić information content (AvgIpc) is 2.31. The van der Waals surface area contributed by atoms with Crippen LogP contribution in [0.3, 0.4) is 0 Å². The summed E-state index contributed by atoms with van der Waals surface area (Å²) in [6.45, 7) is 1.88. The van der Waals surface area contributed by atoms with Gasteiger partial charge in [-0.2, -0.15) is 0 Å². The molecule has 0 fully saturated rings. The molecule has 16 heavy (non-hydrogen) atoms. The highest BCUT2D eigenvalue weighted by Gasteiger charge is 2.08. The van der Waals surface area contributed by atoms with E-state index in [9.17, 15) is 5.11 Å². The Labute approximate surface area is 100 Å². The maximum Gasteiger partial charge on any atom is 0.137 e. The minimum Gasteiger partial charge on any atom is -0.506 e. The highest BCUT2D eigenvalue weighted by Crippen LogP contribution is 2.31. The van der Waals surface area contributed by atoms with Crippen molar-refractivity contribution in [2.24, 2.45) is 0 Å². The molecule has 0 radical (unpaired) electrons. The van der Waals surface area contributed by atoms with Crippen molar-refractivity contribution in [3.63, 3.8) is 0 Å². The van der Waals surface area contributed by atoms with Crippen LogP contribution < -0.4 is 0 Å². The molecule has 2 rings (SSSR count). The number of phenolic OH excluding ortho intramolecular Hbond substituents is 1. The molecule has 0 saturated heterocycles. The lowest BCUT2D eigenvalue weighted by molar-refractivity contribution is 0.469. The highest BCUT2D eigenvalue weighted by molar-refractivity contribution is 6.32. The summed E-state index contributed by atoms with van der Waals surface area (Å²) in [6.07, 6.45) is 0.701. The second kappa shape index (κ2) is 4.58. The van der Waals surface area contributed by atoms with E-state index in [1.165, 1.54) is 0 Å². The number of rotatable bonds is 2. The predicted octanol–water partition coefficient (Wildman–Crippen LogP) is 3.94. The molecule has 0 aliphatic carbocycles. The van der Waals surface area contributed by atoms with E-state index in [0.717, 1.165) is 16.7 Å². The maximum atomic E-state index is 9.91. The molecule has 0 atom stereocenters. The van der Waals surface area contributed by atoms with Crippen LogP contribution in [-0.4, -0.2) is 5.11 Å². The zero-order valence-corrected chi connectivity index (χ0v) is 9.83. The molecule has 1 N–H and O–H groups in total. The molecule has 0 aliphatic heterocycles. The maximum absolute atomic E-state index is 9.91. The van der Waals surface area contributed by atoms with Crippen LogP contribution in [-0.2, 0) is 6.42 Å². The summed E-state index contributed by atoms with van der Waals surface area (Å²) in [4.78, 5) is 0. The van der Waals surface area contributed by atoms with Crippen LogP contribution in [0.2, 0.25) is 5.02 Å². The van der Waals surface area contributed by atoms with Crippen molar-refractivity contribution >= 4 is 11.6 Å². The molecule has 2 aromatic carbocycles. The van der Waals surface area contributed by atoms with Crippen molar-refractivity contribution in [1.29, 1.82) is 0 Å². The molecule has 0 aromatic heterocycles. The summed E-state index contributed by atoms with van der Waals surface area (Å²) in [5, 5.41) is 10.4. The van der Waals surface area contributed by atoms with Gasteiger partial charge < -0.3 is 5.11 Å². The van der Waals surface area contributed by atoms with E-state index >= 15 is 0 Å². The molecular formula is C14H13ClO. The molecule has 0 bridgehead atoms. The van der Waals surface area contributed by atoms with Gasteiger partial charge in [0.2, 0.25) is 0 Å². The number of hydrogen-bond donors (Lipinski definition) is 1. The molecule has 0 unspecified atom stereocenters. The first-order chi connectivity index (χ1) is 7.68. The molecule has 0 aliphatic rings. The summed E-state index contributed by atoms with van der Waals surface area (Å²) in [5.41, 5.74) is 2.93. The van der Waals surface area contributed by atoms with E-state index < -0.39 is 0 Å². The van der Waals surface area contributed by atoms with Crippen molar-refractivity contribution in [3.05, 3.63) is 64.2 Å². The van der Waals surface area contributed by atoms with E-state index in [2.05, 4.69) is 0 Å². The van der Waals surface area contributed by atoms with E-state index in [4.69, 9.17) is 11.6 Å². The number of benzene rings is 2. The zero-order valence-electron chi connectivity index (χ0n) is 9.07. The Bertz CT molecular complexity index is 492. The number of halogens is 1. The van der Waals surface area contributed by atoms with Crippen LogP contribution >= 0.6 is 11.6 Å². The van der Waals surface area contributed by atoms with E-state index in [-0.39, 0.29) is 5.75 Å². The Hall–Kier alpha value is -1.47. The molecule has 0 spiro atoms. The average molecular weight is 233 g/mol. The Morgan fingerprint density at radius 3 is 2.44 bits per heavy atom. The Morgan fingerprint density at radius 2 is 1.75 bits per heavy atom. The van der Waals surface area contributed by atoms with Crippen LogP contribution in [0.4, 0.5) is 0 Å². The van der Waals surface area contributed by atoms with Crippen molar-refractivity contribution in [1.82, 2.24) is 0 Å². The fourth-order valence-corrected chi connectivity index (χ4v) is 1.85. The molecule has 1 nitrogen and oxygen atoms in total. The molecular weight excluding hydrogens is 220 g/mol. The van der Waals surface area contributed by atoms with Crippen LogP contribution in [0.15, 0.2) is 42.5 Å². The van der Waals surface area contributed by atoms with Gasteiger partial charge in [0.1, 0.15) is 5.75 Å². The monoisotopic (exact) mass is 232 g/mol. The molecule has 2 heteroatoms. The Balaban J connectivity index is 2.33. The summed E-state index contributed by atoms with van der Waals surface area (Å²) in [6, 6.07) is 13.9. The largest absolute Gasteiger partial charge is 0.506 e. The normalized spacial score (nSPS) is 10.4. The smallest absolute Gasteiger partial charge is 0.137 e. The first-order valence-electron chi connectivity index (χ1n) is 5.19. The van der Waals surface area contributed by atoms with Gasteiger partial charge in [-0.1, -0.05) is 54.1 Å². The van der Waals surface area contributed by atoms with Crippen LogP contribution in [0.5, 0.6) is 5.75 Å². The number of aryl methyl sites for hydroxylation is 1. The van der Waals surface area contributed by atoms with Gasteiger partial charge >= 0.3 is 0 Å². The Kier molecular flexibility index (Phi) is 3.16. The van der Waals surface area contributed by atoms with E-state index in [0.29, 0.717) is 11.4 Å². The van der Waals surface area contributed by atoms with Gasteiger partial charge in [-0.25, -0.2) is 0 Å². The highest BCUT2D eigenvalue weighted by atomic mass is 35.5. The third-order valence-electron chi connectivity index (χ3n) is 2.63. The van der Waals surface area contributed by atoms with Crippen LogP contribution in [0, 0.1) is 6.92 Å². The number of aromatic hydroxyl groups is 1. The topological polar surface area (TPSA) is 20.2 Å². The summed E-state index contributed by atoms with van der Waals surface area (Å²) in [7, 11) is 0. The lowest BCUT2D eigenvalue weighted by Crippen LogP contribution is -1.90. The minimum atomic E-state index is 0.200. The molecule has 0 heterocycles. The molecule has 82 valence electrons. The minimum absolute atomic E-state index is 0.200. The van der Waals surface area contributed by atoms with E-state index in [1.807, 2.05) is 49.4 Å². The van der Waals surface area contributed by atoms with Crippen molar-refractivity contribution in [3.8, 4) is 5.75 Å². The van der Waals surface area contributed by atoms with Crippen molar-refractivity contribution in [2.45, 2.75) is 13.3 Å². The summed E-state index contributed by atoms with van der Waals surface area (Å²) >= 11 is 6.00. The quantitative estimate of drug-likeness (QED) is 0.832. The van der Waals surface area contributed by atoms with Crippen molar-refractivity contribution < 1.29 is 5.11 Å². The first kappa shape index (κ1) is 11.0. The van der Waals surface area contributed by atoms with Crippen LogP contribution in [0.1, 0.15) is 16.7 Å². The van der Waals surface area contributed by atoms with E-state index in [1.54, 1.807) is 0 Å². The van der Waals surface area contributed by atoms with Crippen molar-refractivity contribution in [2.75, 3.05) is 0 Å². The van der Waals surface area contributed by atoms with Gasteiger partial charge in [-0.15, -0.1) is 0 Å². The lowest BCUT2D eigenvalue weighted by atomic mass is 10.0. The summed E-state index contributed by atoms with van der Waals surface area (Å²) < 4.78 is 0. The van der Waals surface area contributed by atoms with Gasteiger partial charge in [0.25, 0.3) is 0 Å². The van der Waals surface area contributed by atoms with Gasteiger partial charge in [-0.05, 0) is 23.6 Å². The predicted molar refractivity (Wildman–Crippen MR) is 67.1 cm³/mol. The SMILES string of the molecule is Cc1ccc(Cc2ccccc2)c(O)c1Cl. The Morgan fingerprint density at radius 1 is 1.06 bits per heavy atom. The van der Waals surface area contributed by atoms with Gasteiger partial charge in [0.15, 0.2) is 0 Å². The first-order valence-corrected chi connectivity index (χ1v) is 5.57. The fourth-order valence-electron chi connectivity index (χ4n) is 1.66. The lowest BCUT2D eigenvalue weighted by Gasteiger charge is -2.08. The second-order valence-corrected chi connectivity index (χ2v) is 4.24. The second-order valence-electron chi connectivity index (χ2n) is 3.87. The molecule has 2 aromatic rings. The van der Waals surface area contributed by atoms with Gasteiger partial charge in [0, 0.05) is 6.42 Å². The van der Waals surface area contributed by atoms with Crippen LogP contribution in [0.25, 0.3) is 0 Å². The molecule has 0 amide bonds. The van der Waals surface area contributed by atoms with Gasteiger partial charge in [0.05, 0.1) is 5.02 Å². The number of phenols is 1. The molecule has 0 saturated carbocycles. The number of hydrogen-bond acceptors (Lipinski definition) is 1.